The van der Waals surface area contributed by atoms with Crippen molar-refractivity contribution in [3.63, 3.8) is 0 Å². The normalized spacial score (nSPS) is 13.2. The maximum atomic E-state index is 10.5. The van der Waals surface area contributed by atoms with E-state index in [9.17, 15) is 4.79 Å². The average Bonchev–Trinajstić information content (AvgIpc) is 1.81. The molecule has 0 amide bonds. The molecule has 4 nitrogen and oxygen atoms in total. The first-order valence-electron chi connectivity index (χ1n) is 3.62. The van der Waals surface area contributed by atoms with Crippen molar-refractivity contribution in [1.29, 1.82) is 0 Å². The Morgan fingerprint density at radius 3 is 2.09 bits per heavy atom. The number of aliphatic carboxylic acids is 1. The van der Waals surface area contributed by atoms with E-state index in [1.165, 1.54) is 6.82 Å². The minimum atomic E-state index is -0.930. The van der Waals surface area contributed by atoms with Crippen LogP contribution in [-0.2, 0) is 4.79 Å². The SMILES string of the molecule is CB(O)NC(C(=O)O)C(C)C. The van der Waals surface area contributed by atoms with Crippen LogP contribution in [0.25, 0.3) is 0 Å². The second-order valence-corrected chi connectivity index (χ2v) is 2.90. The third-order valence-electron chi connectivity index (χ3n) is 1.35. The molecule has 0 saturated heterocycles. The fraction of sp³-hybridized carbons (Fsp3) is 0.833. The number of carboxylic acid groups (broad SMARTS) is 1. The number of carboxylic acids is 1. The first kappa shape index (κ1) is 10.5. The van der Waals surface area contributed by atoms with Crippen LogP contribution in [0.4, 0.5) is 0 Å². The van der Waals surface area contributed by atoms with Crippen molar-refractivity contribution in [1.82, 2.24) is 5.23 Å². The van der Waals surface area contributed by atoms with Gasteiger partial charge in [0.15, 0.2) is 0 Å². The topological polar surface area (TPSA) is 69.6 Å². The lowest BCUT2D eigenvalue weighted by molar-refractivity contribution is -0.140. The van der Waals surface area contributed by atoms with E-state index in [1.54, 1.807) is 13.8 Å². The smallest absolute Gasteiger partial charge is 0.374 e. The Hall–Kier alpha value is -0.545. The molecule has 0 aliphatic heterocycles. The molecule has 11 heavy (non-hydrogen) atoms. The summed E-state index contributed by atoms with van der Waals surface area (Å²) in [6, 6.07) is -0.671. The largest absolute Gasteiger partial charge is 0.480 e. The zero-order chi connectivity index (χ0) is 9.02. The Labute approximate surface area is 66.7 Å². The highest BCUT2D eigenvalue weighted by atomic mass is 16.4. The number of carbonyl (C=O) groups is 1. The van der Waals surface area contributed by atoms with Crippen LogP contribution in [0.5, 0.6) is 0 Å². The van der Waals surface area contributed by atoms with Crippen molar-refractivity contribution in [3.05, 3.63) is 0 Å². The number of nitrogens with one attached hydrogen (secondary N) is 1. The van der Waals surface area contributed by atoms with Gasteiger partial charge in [-0.15, -0.1) is 0 Å². The fourth-order valence-electron chi connectivity index (χ4n) is 0.809. The zero-order valence-electron chi connectivity index (χ0n) is 7.03. The summed E-state index contributed by atoms with van der Waals surface area (Å²) in [6.07, 6.45) is 0. The second kappa shape index (κ2) is 4.36. The average molecular weight is 159 g/mol. The van der Waals surface area contributed by atoms with Crippen molar-refractivity contribution in [2.75, 3.05) is 0 Å². The van der Waals surface area contributed by atoms with Gasteiger partial charge < -0.3 is 15.4 Å². The predicted molar refractivity (Wildman–Crippen MR) is 43.2 cm³/mol. The van der Waals surface area contributed by atoms with E-state index in [4.69, 9.17) is 10.1 Å². The third kappa shape index (κ3) is 4.00. The summed E-state index contributed by atoms with van der Waals surface area (Å²) in [5, 5.41) is 20.0. The number of hydrogen-bond acceptors (Lipinski definition) is 3. The quantitative estimate of drug-likeness (QED) is 0.496. The molecule has 0 heterocycles. The van der Waals surface area contributed by atoms with Gasteiger partial charge in [-0.3, -0.25) is 4.79 Å². The predicted octanol–water partition coefficient (Wildman–Crippen LogP) is -0.205. The van der Waals surface area contributed by atoms with Crippen LogP contribution in [0.15, 0.2) is 0 Å². The molecule has 0 radical (unpaired) electrons. The number of rotatable bonds is 4. The van der Waals surface area contributed by atoms with Crippen LogP contribution in [0.1, 0.15) is 13.8 Å². The molecule has 0 fully saturated rings. The van der Waals surface area contributed by atoms with Gasteiger partial charge in [-0.05, 0) is 12.7 Å². The van der Waals surface area contributed by atoms with E-state index < -0.39 is 19.1 Å². The van der Waals surface area contributed by atoms with Crippen molar-refractivity contribution in [2.24, 2.45) is 5.92 Å². The molecule has 0 aliphatic carbocycles. The maximum Gasteiger partial charge on any atom is 0.374 e. The van der Waals surface area contributed by atoms with Crippen molar-refractivity contribution < 1.29 is 14.9 Å². The van der Waals surface area contributed by atoms with E-state index in [2.05, 4.69) is 5.23 Å². The van der Waals surface area contributed by atoms with Crippen LogP contribution in [0, 0.1) is 5.92 Å². The molecule has 0 aromatic rings. The van der Waals surface area contributed by atoms with Gasteiger partial charge >= 0.3 is 13.0 Å². The van der Waals surface area contributed by atoms with Gasteiger partial charge in [0.25, 0.3) is 0 Å². The van der Waals surface area contributed by atoms with Crippen LogP contribution in [0.3, 0.4) is 0 Å². The zero-order valence-corrected chi connectivity index (χ0v) is 7.03. The first-order chi connectivity index (χ1) is 4.95. The standard InChI is InChI=1S/C6H14BNO3/c1-4(2)5(6(9)10)8-7(3)11/h4-5,8,11H,1-3H3,(H,9,10). The summed E-state index contributed by atoms with van der Waals surface area (Å²) in [7, 11) is -0.779. The summed E-state index contributed by atoms with van der Waals surface area (Å²) in [5.74, 6) is -0.956. The molecule has 0 aromatic heterocycles. The van der Waals surface area contributed by atoms with E-state index >= 15 is 0 Å². The van der Waals surface area contributed by atoms with Crippen LogP contribution >= 0.6 is 0 Å². The molecule has 64 valence electrons. The maximum absolute atomic E-state index is 10.5. The van der Waals surface area contributed by atoms with Gasteiger partial charge in [-0.25, -0.2) is 0 Å². The summed E-state index contributed by atoms with van der Waals surface area (Å²) < 4.78 is 0. The molecule has 3 N–H and O–H groups in total. The van der Waals surface area contributed by atoms with Gasteiger partial charge in [-0.1, -0.05) is 13.8 Å². The number of hydrogen-bond donors (Lipinski definition) is 3. The second-order valence-electron chi connectivity index (χ2n) is 2.90. The van der Waals surface area contributed by atoms with Crippen LogP contribution < -0.4 is 5.23 Å². The molecule has 1 unspecified atom stereocenters. The van der Waals surface area contributed by atoms with E-state index in [0.717, 1.165) is 0 Å². The summed E-state index contributed by atoms with van der Waals surface area (Å²) in [5.41, 5.74) is 0. The van der Waals surface area contributed by atoms with E-state index in [-0.39, 0.29) is 5.92 Å². The highest BCUT2D eigenvalue weighted by Gasteiger charge is 2.23. The summed E-state index contributed by atoms with van der Waals surface area (Å²) in [6.45, 7) is 5.07. The van der Waals surface area contributed by atoms with Gasteiger partial charge in [-0.2, -0.15) is 0 Å². The molecular weight excluding hydrogens is 145 g/mol. The first-order valence-corrected chi connectivity index (χ1v) is 3.62. The Balaban J connectivity index is 4.01. The molecule has 0 spiro atoms. The third-order valence-corrected chi connectivity index (χ3v) is 1.35. The Morgan fingerprint density at radius 1 is 1.55 bits per heavy atom. The Morgan fingerprint density at radius 2 is 2.00 bits per heavy atom. The minimum Gasteiger partial charge on any atom is -0.480 e. The van der Waals surface area contributed by atoms with E-state index in [0.29, 0.717) is 0 Å². The van der Waals surface area contributed by atoms with Gasteiger partial charge in [0, 0.05) is 0 Å². The van der Waals surface area contributed by atoms with Gasteiger partial charge in [0.05, 0.1) is 0 Å². The molecule has 1 atom stereocenters. The fourth-order valence-corrected chi connectivity index (χ4v) is 0.809. The molecule has 0 aliphatic rings. The lowest BCUT2D eigenvalue weighted by atomic mass is 9.85. The molecule has 0 rings (SSSR count). The lowest BCUT2D eigenvalue weighted by Crippen LogP contribution is -2.47. The highest BCUT2D eigenvalue weighted by Crippen LogP contribution is 2.01. The Bertz CT molecular complexity index is 138. The summed E-state index contributed by atoms with van der Waals surface area (Å²) in [4.78, 5) is 10.5. The van der Waals surface area contributed by atoms with Crippen molar-refractivity contribution in [3.8, 4) is 0 Å². The molecule has 0 bridgehead atoms. The Kier molecular flexibility index (Phi) is 4.14. The van der Waals surface area contributed by atoms with Crippen molar-refractivity contribution in [2.45, 2.75) is 26.7 Å². The van der Waals surface area contributed by atoms with Crippen molar-refractivity contribution >= 4 is 13.0 Å². The minimum absolute atomic E-state index is 0.0258. The van der Waals surface area contributed by atoms with Gasteiger partial charge in [0.1, 0.15) is 6.04 Å². The summed E-state index contributed by atoms with van der Waals surface area (Å²) >= 11 is 0. The highest BCUT2D eigenvalue weighted by molar-refractivity contribution is 6.46. The van der Waals surface area contributed by atoms with Crippen LogP contribution in [0.2, 0.25) is 6.82 Å². The van der Waals surface area contributed by atoms with Crippen LogP contribution in [-0.4, -0.2) is 29.2 Å². The molecule has 5 heteroatoms. The molecule has 0 saturated carbocycles. The van der Waals surface area contributed by atoms with E-state index in [1.807, 2.05) is 0 Å². The van der Waals surface area contributed by atoms with Gasteiger partial charge in [0.2, 0.25) is 0 Å². The monoisotopic (exact) mass is 159 g/mol. The molecular formula is C6H14BNO3. The molecule has 0 aromatic carbocycles. The lowest BCUT2D eigenvalue weighted by Gasteiger charge is -2.17.